The number of carboxylic acid groups (broad SMARTS) is 1. The molecular weight excluding hydrogens is 298 g/mol. The van der Waals surface area contributed by atoms with Gasteiger partial charge in [0.1, 0.15) is 16.4 Å². The summed E-state index contributed by atoms with van der Waals surface area (Å²) in [4.78, 5) is 10.7. The zero-order chi connectivity index (χ0) is 15.6. The number of hydrogen-bond donors (Lipinski definition) is 1. The topological polar surface area (TPSA) is 101 Å². The normalized spacial score (nSPS) is 12.0. The standard InChI is InChI=1S/C13H15NO6S/c1-3-14(8-10-5-4-6-19-10)21(17,18)12-7-11(13(15)16)20-9(12)2/h4-7H,3,8H2,1-2H3,(H,15,16). The van der Waals surface area contributed by atoms with Crippen molar-refractivity contribution in [3.63, 3.8) is 0 Å². The van der Waals surface area contributed by atoms with Gasteiger partial charge in [0.05, 0.1) is 12.8 Å². The third-order valence-electron chi connectivity index (χ3n) is 2.97. The minimum Gasteiger partial charge on any atom is -0.475 e. The number of hydrogen-bond acceptors (Lipinski definition) is 5. The summed E-state index contributed by atoms with van der Waals surface area (Å²) in [7, 11) is -3.85. The maximum atomic E-state index is 12.6. The summed E-state index contributed by atoms with van der Waals surface area (Å²) in [6.45, 7) is 3.39. The van der Waals surface area contributed by atoms with Crippen molar-refractivity contribution < 1.29 is 27.2 Å². The second-order valence-corrected chi connectivity index (χ2v) is 6.25. The number of nitrogens with zero attached hydrogens (tertiary/aromatic N) is 1. The quantitative estimate of drug-likeness (QED) is 0.876. The van der Waals surface area contributed by atoms with Gasteiger partial charge in [-0.1, -0.05) is 6.92 Å². The van der Waals surface area contributed by atoms with Crippen LogP contribution >= 0.6 is 0 Å². The van der Waals surface area contributed by atoms with E-state index in [1.807, 2.05) is 0 Å². The number of carbonyl (C=O) groups is 1. The van der Waals surface area contributed by atoms with E-state index in [1.165, 1.54) is 17.5 Å². The van der Waals surface area contributed by atoms with Gasteiger partial charge in [-0.3, -0.25) is 0 Å². The first-order valence-electron chi connectivity index (χ1n) is 6.22. The highest BCUT2D eigenvalue weighted by Gasteiger charge is 2.29. The zero-order valence-electron chi connectivity index (χ0n) is 11.6. The molecule has 21 heavy (non-hydrogen) atoms. The van der Waals surface area contributed by atoms with Crippen LogP contribution in [0, 0.1) is 6.92 Å². The van der Waals surface area contributed by atoms with Crippen LogP contribution in [-0.4, -0.2) is 30.3 Å². The molecule has 0 saturated carbocycles. The van der Waals surface area contributed by atoms with Gasteiger partial charge in [-0.25, -0.2) is 13.2 Å². The largest absolute Gasteiger partial charge is 0.475 e. The first-order valence-corrected chi connectivity index (χ1v) is 7.66. The summed E-state index contributed by atoms with van der Waals surface area (Å²) >= 11 is 0. The average molecular weight is 313 g/mol. The van der Waals surface area contributed by atoms with Gasteiger partial charge >= 0.3 is 5.97 Å². The third-order valence-corrected chi connectivity index (χ3v) is 4.99. The Morgan fingerprint density at radius 2 is 2.14 bits per heavy atom. The molecule has 0 aromatic carbocycles. The molecule has 0 fully saturated rings. The molecule has 8 heteroatoms. The Morgan fingerprint density at radius 1 is 1.43 bits per heavy atom. The summed E-state index contributed by atoms with van der Waals surface area (Å²) in [5.74, 6) is -1.17. The van der Waals surface area contributed by atoms with Crippen molar-refractivity contribution in [1.29, 1.82) is 0 Å². The molecule has 0 spiro atoms. The minimum absolute atomic E-state index is 0.0466. The molecule has 0 radical (unpaired) electrons. The van der Waals surface area contributed by atoms with Crippen LogP contribution in [0.3, 0.4) is 0 Å². The molecule has 2 heterocycles. The van der Waals surface area contributed by atoms with Gasteiger partial charge in [0.15, 0.2) is 0 Å². The lowest BCUT2D eigenvalue weighted by Gasteiger charge is -2.18. The Bertz CT molecular complexity index is 729. The second-order valence-electron chi connectivity index (χ2n) is 4.35. The van der Waals surface area contributed by atoms with E-state index in [2.05, 4.69) is 0 Å². The maximum Gasteiger partial charge on any atom is 0.371 e. The van der Waals surface area contributed by atoms with Gasteiger partial charge in [0.25, 0.3) is 0 Å². The van der Waals surface area contributed by atoms with Crippen molar-refractivity contribution in [2.24, 2.45) is 0 Å². The van der Waals surface area contributed by atoms with Gasteiger partial charge in [-0.15, -0.1) is 0 Å². The number of aryl methyl sites for hydroxylation is 1. The Balaban J connectivity index is 2.37. The Kier molecular flexibility index (Phi) is 4.19. The van der Waals surface area contributed by atoms with Gasteiger partial charge in [0, 0.05) is 12.6 Å². The summed E-state index contributed by atoms with van der Waals surface area (Å²) in [5.41, 5.74) is 0. The first kappa shape index (κ1) is 15.3. The summed E-state index contributed by atoms with van der Waals surface area (Å²) in [6, 6.07) is 4.36. The van der Waals surface area contributed by atoms with E-state index < -0.39 is 21.8 Å². The molecule has 0 amide bonds. The Morgan fingerprint density at radius 3 is 2.62 bits per heavy atom. The van der Waals surface area contributed by atoms with Crippen LogP contribution in [0.1, 0.15) is 29.0 Å². The molecule has 7 nitrogen and oxygen atoms in total. The van der Waals surface area contributed by atoms with Crippen molar-refractivity contribution >= 4 is 16.0 Å². The van der Waals surface area contributed by atoms with Crippen LogP contribution in [-0.2, 0) is 16.6 Å². The van der Waals surface area contributed by atoms with Crippen molar-refractivity contribution in [1.82, 2.24) is 4.31 Å². The second kappa shape index (κ2) is 5.74. The van der Waals surface area contributed by atoms with E-state index in [1.54, 1.807) is 19.1 Å². The predicted octanol–water partition coefficient (Wildman–Crippen LogP) is 2.09. The average Bonchev–Trinajstić information content (AvgIpc) is 3.04. The molecular formula is C13H15NO6S. The Labute approximate surface area is 121 Å². The molecule has 0 aliphatic carbocycles. The number of carboxylic acids is 1. The van der Waals surface area contributed by atoms with Crippen LogP contribution in [0.4, 0.5) is 0 Å². The summed E-state index contributed by atoms with van der Waals surface area (Å²) in [6.07, 6.45) is 1.46. The highest BCUT2D eigenvalue weighted by molar-refractivity contribution is 7.89. The fraction of sp³-hybridized carbons (Fsp3) is 0.308. The minimum atomic E-state index is -3.85. The molecule has 2 aromatic rings. The van der Waals surface area contributed by atoms with Gasteiger partial charge < -0.3 is 13.9 Å². The van der Waals surface area contributed by atoms with E-state index in [-0.39, 0.29) is 23.7 Å². The molecule has 0 unspecified atom stereocenters. The molecule has 0 bridgehead atoms. The van der Waals surface area contributed by atoms with Crippen LogP contribution < -0.4 is 0 Å². The molecule has 0 aliphatic rings. The van der Waals surface area contributed by atoms with Crippen molar-refractivity contribution in [3.8, 4) is 0 Å². The molecule has 0 aliphatic heterocycles. The van der Waals surface area contributed by atoms with Crippen LogP contribution in [0.5, 0.6) is 0 Å². The smallest absolute Gasteiger partial charge is 0.371 e. The van der Waals surface area contributed by atoms with Gasteiger partial charge in [-0.05, 0) is 19.1 Å². The molecule has 0 saturated heterocycles. The van der Waals surface area contributed by atoms with Crippen molar-refractivity contribution in [2.45, 2.75) is 25.3 Å². The van der Waals surface area contributed by atoms with E-state index in [4.69, 9.17) is 13.9 Å². The van der Waals surface area contributed by atoms with E-state index in [9.17, 15) is 13.2 Å². The van der Waals surface area contributed by atoms with Gasteiger partial charge in [-0.2, -0.15) is 4.31 Å². The Hall–Kier alpha value is -2.06. The van der Waals surface area contributed by atoms with E-state index >= 15 is 0 Å². The monoisotopic (exact) mass is 313 g/mol. The predicted molar refractivity (Wildman–Crippen MR) is 72.4 cm³/mol. The SMILES string of the molecule is CCN(Cc1ccco1)S(=O)(=O)c1cc(C(=O)O)oc1C. The van der Waals surface area contributed by atoms with Crippen molar-refractivity contribution in [3.05, 3.63) is 41.7 Å². The van der Waals surface area contributed by atoms with Crippen LogP contribution in [0.15, 0.2) is 38.2 Å². The number of furan rings is 2. The number of sulfonamides is 1. The fourth-order valence-electron chi connectivity index (χ4n) is 1.91. The number of rotatable bonds is 6. The molecule has 114 valence electrons. The van der Waals surface area contributed by atoms with E-state index in [0.29, 0.717) is 5.76 Å². The molecule has 2 rings (SSSR count). The maximum absolute atomic E-state index is 12.6. The molecule has 0 atom stereocenters. The molecule has 2 aromatic heterocycles. The van der Waals surface area contributed by atoms with Crippen LogP contribution in [0.25, 0.3) is 0 Å². The highest BCUT2D eigenvalue weighted by Crippen LogP contribution is 2.25. The summed E-state index contributed by atoms with van der Waals surface area (Å²) < 4.78 is 36.5. The lowest BCUT2D eigenvalue weighted by Crippen LogP contribution is -2.30. The van der Waals surface area contributed by atoms with Crippen LogP contribution in [0.2, 0.25) is 0 Å². The van der Waals surface area contributed by atoms with Gasteiger partial charge in [0.2, 0.25) is 15.8 Å². The van der Waals surface area contributed by atoms with E-state index in [0.717, 1.165) is 6.07 Å². The van der Waals surface area contributed by atoms with Crippen molar-refractivity contribution in [2.75, 3.05) is 6.54 Å². The first-order chi connectivity index (χ1) is 9.86. The highest BCUT2D eigenvalue weighted by atomic mass is 32.2. The lowest BCUT2D eigenvalue weighted by molar-refractivity contribution is 0.0661. The third kappa shape index (κ3) is 3.01. The number of aromatic carboxylic acids is 1. The lowest BCUT2D eigenvalue weighted by atomic mass is 10.4. The zero-order valence-corrected chi connectivity index (χ0v) is 12.4. The summed E-state index contributed by atoms with van der Waals surface area (Å²) in [5, 5.41) is 8.87. The molecule has 1 N–H and O–H groups in total. The fourth-order valence-corrected chi connectivity index (χ4v) is 3.49.